The predicted molar refractivity (Wildman–Crippen MR) is 189 cm³/mol. The fourth-order valence-electron chi connectivity index (χ4n) is 6.32. The molecule has 7 rings (SSSR count). The van der Waals surface area contributed by atoms with Crippen LogP contribution in [0, 0.1) is 24.1 Å². The number of fused-ring (bicyclic) bond motifs is 1. The Morgan fingerprint density at radius 1 is 1.08 bits per heavy atom. The highest BCUT2D eigenvalue weighted by molar-refractivity contribution is 7.90. The average Bonchev–Trinajstić information content (AvgIpc) is 3.73. The van der Waals surface area contributed by atoms with E-state index in [0.29, 0.717) is 46.6 Å². The van der Waals surface area contributed by atoms with Crippen molar-refractivity contribution in [3.8, 4) is 28.5 Å². The highest BCUT2D eigenvalue weighted by Gasteiger charge is 2.32. The molecule has 5 heterocycles. The van der Waals surface area contributed by atoms with E-state index in [9.17, 15) is 28.0 Å². The molecule has 1 saturated heterocycles. The molecule has 0 saturated carbocycles. The largest absolute Gasteiger partial charge is 0.389 e. The minimum absolute atomic E-state index is 0.0208. The summed E-state index contributed by atoms with van der Waals surface area (Å²) in [5.74, 6) is -0.915. The number of hydrogen-bond donors (Lipinski definition) is 2. The number of aliphatic hydroxyl groups excluding tert-OH is 1. The van der Waals surface area contributed by atoms with Crippen LogP contribution in [0.15, 0.2) is 90.3 Å². The van der Waals surface area contributed by atoms with Crippen molar-refractivity contribution >= 4 is 44.4 Å². The summed E-state index contributed by atoms with van der Waals surface area (Å²) in [7, 11) is -2.42. The minimum atomic E-state index is -4.15. The fourth-order valence-corrected chi connectivity index (χ4v) is 8.05. The lowest BCUT2D eigenvalue weighted by Crippen LogP contribution is -2.54. The minimum Gasteiger partial charge on any atom is -0.389 e. The number of aryl methyl sites for hydroxylation is 2. The molecule has 1 aliphatic rings. The molecule has 6 aromatic rings. The normalized spacial score (nSPS) is 16.3. The maximum absolute atomic E-state index is 14.3. The zero-order valence-corrected chi connectivity index (χ0v) is 28.9. The standard InChI is InChI=1S/C36H30ClFN8O4S/c1-21-6-9-25(10-7-21)51(49,50)46-30(24-18-42-44(2)19-24)14-26-33(23(15-39)17-41-35(26)46)22-8-11-32(40-16-22)45-13-12-29(31(47)20-45)43-36(48)34-27(37)4-3-5-28(34)38/h3-11,14,16-19,29,31,47H,12-13,20H2,1-2H3,(H,43,48)/t29-,31-/m0/s1. The van der Waals surface area contributed by atoms with E-state index in [1.807, 2.05) is 11.8 Å². The number of halogens is 2. The number of pyridine rings is 2. The molecule has 0 aliphatic carbocycles. The van der Waals surface area contributed by atoms with E-state index in [2.05, 4.69) is 26.5 Å². The maximum Gasteiger partial charge on any atom is 0.269 e. The summed E-state index contributed by atoms with van der Waals surface area (Å²) in [6.45, 7) is 2.44. The van der Waals surface area contributed by atoms with Gasteiger partial charge >= 0.3 is 0 Å². The highest BCUT2D eigenvalue weighted by Crippen LogP contribution is 2.38. The van der Waals surface area contributed by atoms with Crippen molar-refractivity contribution in [2.75, 3.05) is 18.0 Å². The van der Waals surface area contributed by atoms with Gasteiger partial charge in [-0.2, -0.15) is 10.4 Å². The maximum atomic E-state index is 14.3. The van der Waals surface area contributed by atoms with Crippen molar-refractivity contribution in [2.24, 2.45) is 7.05 Å². The summed E-state index contributed by atoms with van der Waals surface area (Å²) in [5, 5.41) is 28.4. The Balaban J connectivity index is 1.21. The van der Waals surface area contributed by atoms with Crippen LogP contribution in [-0.4, -0.2) is 68.4 Å². The van der Waals surface area contributed by atoms with Gasteiger partial charge in [0.1, 0.15) is 17.7 Å². The molecular formula is C36H30ClFN8O4S. The Hall–Kier alpha value is -5.62. The quantitative estimate of drug-likeness (QED) is 0.229. The van der Waals surface area contributed by atoms with Crippen molar-refractivity contribution in [3.63, 3.8) is 0 Å². The number of β-amino-alcohol motifs (C(OH)–C–C–N with tert-alkyl or cyclic N) is 1. The number of nitrogens with zero attached hydrogens (tertiary/aromatic N) is 7. The third-order valence-electron chi connectivity index (χ3n) is 8.92. The number of amides is 1. The van der Waals surface area contributed by atoms with Crippen LogP contribution >= 0.6 is 11.6 Å². The molecule has 15 heteroatoms. The number of rotatable bonds is 7. The molecule has 2 atom stereocenters. The lowest BCUT2D eigenvalue weighted by Gasteiger charge is -2.37. The summed E-state index contributed by atoms with van der Waals surface area (Å²) >= 11 is 6.05. The third kappa shape index (κ3) is 6.20. The van der Waals surface area contributed by atoms with E-state index in [-0.39, 0.29) is 33.2 Å². The summed E-state index contributed by atoms with van der Waals surface area (Å²) < 4.78 is 45.4. The molecule has 1 aliphatic heterocycles. The van der Waals surface area contributed by atoms with Gasteiger partial charge < -0.3 is 15.3 Å². The number of nitriles is 1. The number of piperidine rings is 1. The number of nitrogens with one attached hydrogen (secondary N) is 1. The van der Waals surface area contributed by atoms with E-state index in [0.717, 1.165) is 11.6 Å². The molecule has 258 valence electrons. The smallest absolute Gasteiger partial charge is 0.269 e. The molecule has 0 radical (unpaired) electrons. The van der Waals surface area contributed by atoms with Gasteiger partial charge in [-0.1, -0.05) is 35.4 Å². The van der Waals surface area contributed by atoms with E-state index in [1.165, 1.54) is 22.3 Å². The van der Waals surface area contributed by atoms with Gasteiger partial charge in [-0.15, -0.1) is 0 Å². The summed E-state index contributed by atoms with van der Waals surface area (Å²) in [6.07, 6.45) is 5.57. The first kappa shape index (κ1) is 33.9. The molecule has 0 unspecified atom stereocenters. The van der Waals surface area contributed by atoms with Gasteiger partial charge in [-0.25, -0.2) is 26.7 Å². The lowest BCUT2D eigenvalue weighted by atomic mass is 9.99. The highest BCUT2D eigenvalue weighted by atomic mass is 35.5. The van der Waals surface area contributed by atoms with Crippen molar-refractivity contribution in [1.82, 2.24) is 29.0 Å². The van der Waals surface area contributed by atoms with Crippen LogP contribution in [0.4, 0.5) is 10.2 Å². The van der Waals surface area contributed by atoms with Crippen molar-refractivity contribution in [3.05, 3.63) is 113 Å². The number of benzene rings is 2. The Morgan fingerprint density at radius 2 is 1.86 bits per heavy atom. The molecule has 1 fully saturated rings. The molecule has 51 heavy (non-hydrogen) atoms. The molecule has 4 aromatic heterocycles. The average molecular weight is 725 g/mol. The first-order valence-electron chi connectivity index (χ1n) is 15.9. The monoisotopic (exact) mass is 724 g/mol. The predicted octanol–water partition coefficient (Wildman–Crippen LogP) is 5.08. The van der Waals surface area contributed by atoms with Gasteiger partial charge in [0.15, 0.2) is 5.65 Å². The van der Waals surface area contributed by atoms with Crippen LogP contribution in [0.2, 0.25) is 5.02 Å². The Bertz CT molecular complexity index is 2440. The number of aromatic nitrogens is 5. The SMILES string of the molecule is Cc1ccc(S(=O)(=O)n2c(-c3cnn(C)c3)cc3c(-c4ccc(N5CC[C@H](NC(=O)c6c(F)cccc6Cl)[C@@H](O)C5)nc4)c(C#N)cnc32)cc1. The van der Waals surface area contributed by atoms with Crippen LogP contribution in [0.1, 0.15) is 27.9 Å². The van der Waals surface area contributed by atoms with E-state index >= 15 is 0 Å². The van der Waals surface area contributed by atoms with E-state index < -0.39 is 33.9 Å². The van der Waals surface area contributed by atoms with E-state index in [1.54, 1.807) is 72.8 Å². The van der Waals surface area contributed by atoms with Crippen LogP contribution in [0.3, 0.4) is 0 Å². The zero-order valence-electron chi connectivity index (χ0n) is 27.3. The number of aliphatic hydroxyl groups is 1. The number of anilines is 1. The van der Waals surface area contributed by atoms with Crippen LogP contribution < -0.4 is 10.2 Å². The molecular weight excluding hydrogens is 695 g/mol. The van der Waals surface area contributed by atoms with Crippen molar-refractivity contribution < 1.29 is 22.7 Å². The molecule has 12 nitrogen and oxygen atoms in total. The van der Waals surface area contributed by atoms with Gasteiger partial charge in [0.25, 0.3) is 15.9 Å². The molecule has 2 N–H and O–H groups in total. The first-order chi connectivity index (χ1) is 24.5. The number of hydrogen-bond acceptors (Lipinski definition) is 9. The summed E-state index contributed by atoms with van der Waals surface area (Å²) in [5.41, 5.74) is 2.87. The van der Waals surface area contributed by atoms with Gasteiger partial charge in [0, 0.05) is 60.8 Å². The van der Waals surface area contributed by atoms with Crippen LogP contribution in [0.5, 0.6) is 0 Å². The summed E-state index contributed by atoms with van der Waals surface area (Å²) in [6, 6.07) is 17.3. The van der Waals surface area contributed by atoms with Crippen molar-refractivity contribution in [1.29, 1.82) is 5.26 Å². The Kier molecular flexibility index (Phi) is 8.80. The topological polar surface area (TPSA) is 159 Å². The Labute approximate surface area is 297 Å². The summed E-state index contributed by atoms with van der Waals surface area (Å²) in [4.78, 5) is 23.8. The van der Waals surface area contributed by atoms with Gasteiger partial charge in [-0.05, 0) is 55.8 Å². The fraction of sp³-hybridized carbons (Fsp3) is 0.194. The second kappa shape index (κ2) is 13.3. The third-order valence-corrected chi connectivity index (χ3v) is 11.0. The Morgan fingerprint density at radius 3 is 2.51 bits per heavy atom. The molecule has 0 bridgehead atoms. The van der Waals surface area contributed by atoms with E-state index in [4.69, 9.17) is 11.6 Å². The second-order valence-corrected chi connectivity index (χ2v) is 14.5. The van der Waals surface area contributed by atoms with Gasteiger partial charge in [0.2, 0.25) is 0 Å². The van der Waals surface area contributed by atoms with Crippen LogP contribution in [-0.2, 0) is 17.1 Å². The lowest BCUT2D eigenvalue weighted by molar-refractivity contribution is 0.0794. The molecule has 2 aromatic carbocycles. The van der Waals surface area contributed by atoms with Gasteiger partial charge in [-0.3, -0.25) is 9.48 Å². The van der Waals surface area contributed by atoms with Crippen molar-refractivity contribution in [2.45, 2.75) is 30.4 Å². The molecule has 0 spiro atoms. The number of carbonyl (C=O) groups excluding carboxylic acids is 1. The number of carbonyl (C=O) groups is 1. The first-order valence-corrected chi connectivity index (χ1v) is 17.7. The second-order valence-electron chi connectivity index (χ2n) is 12.3. The molecule has 1 amide bonds. The van der Waals surface area contributed by atoms with Crippen LogP contribution in [0.25, 0.3) is 33.4 Å². The van der Waals surface area contributed by atoms with Gasteiger partial charge in [0.05, 0.1) is 45.1 Å². The zero-order chi connectivity index (χ0) is 36.0.